The van der Waals surface area contributed by atoms with Crippen molar-refractivity contribution in [1.82, 2.24) is 10.6 Å². The Morgan fingerprint density at radius 3 is 2.69 bits per heavy atom. The average Bonchev–Trinajstić information content (AvgIpc) is 2.65. The van der Waals surface area contributed by atoms with Gasteiger partial charge in [0.25, 0.3) is 0 Å². The van der Waals surface area contributed by atoms with Crippen molar-refractivity contribution >= 4 is 17.3 Å². The summed E-state index contributed by atoms with van der Waals surface area (Å²) in [6.07, 6.45) is 2.65. The van der Waals surface area contributed by atoms with Gasteiger partial charge in [0.05, 0.1) is 6.10 Å². The van der Waals surface area contributed by atoms with Crippen LogP contribution in [0.25, 0.3) is 0 Å². The van der Waals surface area contributed by atoms with Gasteiger partial charge in [-0.25, -0.2) is 0 Å². The molecule has 2 atom stereocenters. The van der Waals surface area contributed by atoms with E-state index >= 15 is 0 Å². The molecule has 0 radical (unpaired) electrons. The topological polar surface area (TPSA) is 33.3 Å². The maximum absolute atomic E-state index is 5.53. The molecule has 2 N–H and O–H groups in total. The van der Waals surface area contributed by atoms with Gasteiger partial charge in [0.15, 0.2) is 5.11 Å². The van der Waals surface area contributed by atoms with E-state index in [1.54, 1.807) is 0 Å². The molecule has 94 valence electrons. The first-order valence-electron chi connectivity index (χ1n) is 6.05. The van der Waals surface area contributed by atoms with Crippen molar-refractivity contribution in [2.45, 2.75) is 52.7 Å². The molecule has 0 aromatic carbocycles. The predicted molar refractivity (Wildman–Crippen MR) is 71.6 cm³/mol. The van der Waals surface area contributed by atoms with Gasteiger partial charge in [-0.2, -0.15) is 0 Å². The van der Waals surface area contributed by atoms with Crippen LogP contribution in [-0.2, 0) is 4.74 Å². The van der Waals surface area contributed by atoms with E-state index < -0.39 is 0 Å². The minimum Gasteiger partial charge on any atom is -0.376 e. The Kier molecular flexibility index (Phi) is 4.99. The van der Waals surface area contributed by atoms with E-state index in [0.29, 0.717) is 12.1 Å². The fourth-order valence-corrected chi connectivity index (χ4v) is 1.74. The summed E-state index contributed by atoms with van der Waals surface area (Å²) in [4.78, 5) is 0. The lowest BCUT2D eigenvalue weighted by molar-refractivity contribution is 0.114. The number of hydrogen-bond acceptors (Lipinski definition) is 2. The molecule has 0 amide bonds. The summed E-state index contributed by atoms with van der Waals surface area (Å²) < 4.78 is 5.53. The molecular weight excluding hydrogens is 220 g/mol. The first-order chi connectivity index (χ1) is 7.39. The Morgan fingerprint density at radius 2 is 2.19 bits per heavy atom. The number of nitrogens with one attached hydrogen (secondary N) is 2. The van der Waals surface area contributed by atoms with Crippen LogP contribution in [0.4, 0.5) is 0 Å². The number of rotatable bonds is 3. The fourth-order valence-electron chi connectivity index (χ4n) is 1.48. The van der Waals surface area contributed by atoms with Gasteiger partial charge < -0.3 is 15.4 Å². The van der Waals surface area contributed by atoms with E-state index in [0.717, 1.165) is 24.7 Å². The maximum atomic E-state index is 5.53. The molecule has 1 fully saturated rings. The third-order valence-electron chi connectivity index (χ3n) is 3.16. The number of thiocarbonyl (C=S) groups is 1. The summed E-state index contributed by atoms with van der Waals surface area (Å²) in [6, 6.07) is 0.358. The van der Waals surface area contributed by atoms with E-state index in [4.69, 9.17) is 17.0 Å². The standard InChI is InChI=1S/C12H24N2OS/c1-9(12(2,3)4)14-11(16)13-8-10-6-5-7-15-10/h9-10H,5-8H2,1-4H3,(H2,13,14,16). The van der Waals surface area contributed by atoms with Crippen LogP contribution >= 0.6 is 12.2 Å². The maximum Gasteiger partial charge on any atom is 0.166 e. The van der Waals surface area contributed by atoms with Crippen molar-refractivity contribution < 1.29 is 4.74 Å². The smallest absolute Gasteiger partial charge is 0.166 e. The predicted octanol–water partition coefficient (Wildman–Crippen LogP) is 2.06. The van der Waals surface area contributed by atoms with Crippen LogP contribution in [0, 0.1) is 5.41 Å². The molecule has 0 aromatic heterocycles. The zero-order chi connectivity index (χ0) is 12.2. The first-order valence-corrected chi connectivity index (χ1v) is 6.46. The molecule has 3 nitrogen and oxygen atoms in total. The first kappa shape index (κ1) is 13.7. The summed E-state index contributed by atoms with van der Waals surface area (Å²) in [7, 11) is 0. The third kappa shape index (κ3) is 4.66. The van der Waals surface area contributed by atoms with Crippen LogP contribution in [0.3, 0.4) is 0 Å². The molecule has 16 heavy (non-hydrogen) atoms. The highest BCUT2D eigenvalue weighted by Crippen LogP contribution is 2.18. The van der Waals surface area contributed by atoms with Gasteiger partial charge in [-0.05, 0) is 37.4 Å². The minimum absolute atomic E-state index is 0.218. The molecule has 1 rings (SSSR count). The molecule has 1 saturated heterocycles. The Labute approximate surface area is 104 Å². The summed E-state index contributed by atoms with van der Waals surface area (Å²) in [5, 5.41) is 7.27. The average molecular weight is 244 g/mol. The summed E-state index contributed by atoms with van der Waals surface area (Å²) in [6.45, 7) is 10.5. The van der Waals surface area contributed by atoms with Crippen LogP contribution in [0.1, 0.15) is 40.5 Å². The van der Waals surface area contributed by atoms with Crippen molar-refractivity contribution in [3.63, 3.8) is 0 Å². The highest BCUT2D eigenvalue weighted by molar-refractivity contribution is 7.80. The van der Waals surface area contributed by atoms with Gasteiger partial charge in [-0.3, -0.25) is 0 Å². The van der Waals surface area contributed by atoms with Crippen LogP contribution in [0.2, 0.25) is 0 Å². The third-order valence-corrected chi connectivity index (χ3v) is 3.42. The molecule has 4 heteroatoms. The zero-order valence-electron chi connectivity index (χ0n) is 10.8. The van der Waals surface area contributed by atoms with Gasteiger partial charge in [0.1, 0.15) is 0 Å². The highest BCUT2D eigenvalue weighted by Gasteiger charge is 2.21. The Bertz CT molecular complexity index is 232. The normalized spacial score (nSPS) is 22.9. The van der Waals surface area contributed by atoms with E-state index in [9.17, 15) is 0 Å². The van der Waals surface area contributed by atoms with Crippen molar-refractivity contribution in [2.24, 2.45) is 5.41 Å². The Morgan fingerprint density at radius 1 is 1.50 bits per heavy atom. The molecule has 1 aliphatic heterocycles. The van der Waals surface area contributed by atoms with Crippen molar-refractivity contribution in [3.8, 4) is 0 Å². The van der Waals surface area contributed by atoms with Gasteiger partial charge in [0.2, 0.25) is 0 Å². The van der Waals surface area contributed by atoms with E-state index in [1.807, 2.05) is 0 Å². The molecule has 0 spiro atoms. The van der Waals surface area contributed by atoms with E-state index in [1.165, 1.54) is 6.42 Å². The Balaban J connectivity index is 2.20. The van der Waals surface area contributed by atoms with E-state index in [2.05, 4.69) is 38.3 Å². The van der Waals surface area contributed by atoms with Crippen LogP contribution in [-0.4, -0.2) is 30.4 Å². The number of hydrogen-bond donors (Lipinski definition) is 2. The van der Waals surface area contributed by atoms with Gasteiger partial charge >= 0.3 is 0 Å². The lowest BCUT2D eigenvalue weighted by Gasteiger charge is -2.29. The lowest BCUT2D eigenvalue weighted by atomic mass is 9.88. The van der Waals surface area contributed by atoms with Crippen molar-refractivity contribution in [3.05, 3.63) is 0 Å². The minimum atomic E-state index is 0.218. The molecule has 1 heterocycles. The van der Waals surface area contributed by atoms with Crippen LogP contribution in [0.5, 0.6) is 0 Å². The monoisotopic (exact) mass is 244 g/mol. The van der Waals surface area contributed by atoms with Crippen LogP contribution in [0.15, 0.2) is 0 Å². The second-order valence-corrected chi connectivity index (χ2v) is 5.99. The number of ether oxygens (including phenoxy) is 1. The van der Waals surface area contributed by atoms with Crippen LogP contribution < -0.4 is 10.6 Å². The Hall–Kier alpha value is -0.350. The quantitative estimate of drug-likeness (QED) is 0.745. The molecule has 2 unspecified atom stereocenters. The molecule has 0 aliphatic carbocycles. The molecule has 1 aliphatic rings. The second kappa shape index (κ2) is 5.82. The zero-order valence-corrected chi connectivity index (χ0v) is 11.6. The molecule has 0 bridgehead atoms. The van der Waals surface area contributed by atoms with Gasteiger partial charge in [-0.1, -0.05) is 20.8 Å². The molecular formula is C12H24N2OS. The molecule has 0 saturated carbocycles. The van der Waals surface area contributed by atoms with Gasteiger partial charge in [-0.15, -0.1) is 0 Å². The van der Waals surface area contributed by atoms with Gasteiger partial charge in [0, 0.05) is 19.2 Å². The largest absolute Gasteiger partial charge is 0.376 e. The summed E-state index contributed by atoms with van der Waals surface area (Å²) in [5.74, 6) is 0. The SMILES string of the molecule is CC(NC(=S)NCC1CCCO1)C(C)(C)C. The summed E-state index contributed by atoms with van der Waals surface area (Å²) in [5.41, 5.74) is 0.218. The van der Waals surface area contributed by atoms with Crippen molar-refractivity contribution in [2.75, 3.05) is 13.2 Å². The summed E-state index contributed by atoms with van der Waals surface area (Å²) >= 11 is 5.26. The molecule has 0 aromatic rings. The second-order valence-electron chi connectivity index (χ2n) is 5.58. The van der Waals surface area contributed by atoms with Crippen molar-refractivity contribution in [1.29, 1.82) is 0 Å². The fraction of sp³-hybridized carbons (Fsp3) is 0.917. The van der Waals surface area contributed by atoms with E-state index in [-0.39, 0.29) is 5.41 Å². The highest BCUT2D eigenvalue weighted by atomic mass is 32.1. The lowest BCUT2D eigenvalue weighted by Crippen LogP contribution is -2.47.